The van der Waals surface area contributed by atoms with Crippen molar-refractivity contribution in [2.75, 3.05) is 6.61 Å². The lowest BCUT2D eigenvalue weighted by molar-refractivity contribution is 0.0423. The number of ketones is 1. The molecule has 0 radical (unpaired) electrons. The molecule has 94 valence electrons. The molecule has 0 aliphatic heterocycles. The lowest BCUT2D eigenvalue weighted by Crippen LogP contribution is -2.24. The summed E-state index contributed by atoms with van der Waals surface area (Å²) in [6.07, 6.45) is 1.14. The van der Waals surface area contributed by atoms with Gasteiger partial charge in [-0.1, -0.05) is 42.6 Å². The molecule has 0 amide bonds. The second-order valence-electron chi connectivity index (χ2n) is 3.70. The van der Waals surface area contributed by atoms with Gasteiger partial charge in [0.05, 0.1) is 10.0 Å². The summed E-state index contributed by atoms with van der Waals surface area (Å²) >= 11 is 11.9. The van der Waals surface area contributed by atoms with E-state index in [0.717, 1.165) is 6.42 Å². The molecule has 1 unspecified atom stereocenters. The van der Waals surface area contributed by atoms with Gasteiger partial charge >= 0.3 is 0 Å². The van der Waals surface area contributed by atoms with Gasteiger partial charge in [0.25, 0.3) is 0 Å². The number of rotatable bonds is 6. The normalized spacial score (nSPS) is 12.5. The quantitative estimate of drug-likeness (QED) is 0.720. The number of halogens is 2. The summed E-state index contributed by atoms with van der Waals surface area (Å²) in [5, 5.41) is 0.698. The number of benzene rings is 1. The molecule has 17 heavy (non-hydrogen) atoms. The van der Waals surface area contributed by atoms with Crippen molar-refractivity contribution in [3.8, 4) is 0 Å². The maximum atomic E-state index is 12.2. The molecule has 0 aliphatic carbocycles. The van der Waals surface area contributed by atoms with Gasteiger partial charge < -0.3 is 4.74 Å². The van der Waals surface area contributed by atoms with E-state index in [9.17, 15) is 4.79 Å². The smallest absolute Gasteiger partial charge is 0.193 e. The predicted octanol–water partition coefficient (Wildman–Crippen LogP) is 4.38. The second kappa shape index (κ2) is 7.00. The maximum absolute atomic E-state index is 12.2. The molecule has 1 aromatic carbocycles. The molecule has 0 N–H and O–H groups in total. The standard InChI is InChI=1S/C13H16Cl2O2/c1-3-6-11(17-4-2)13(16)9-7-5-8-10(14)12(9)15/h5,7-8,11H,3-4,6H2,1-2H3. The van der Waals surface area contributed by atoms with E-state index >= 15 is 0 Å². The van der Waals surface area contributed by atoms with Gasteiger partial charge in [-0.15, -0.1) is 0 Å². The van der Waals surface area contributed by atoms with Gasteiger partial charge in [-0.3, -0.25) is 4.79 Å². The van der Waals surface area contributed by atoms with Crippen molar-refractivity contribution in [1.29, 1.82) is 0 Å². The molecule has 0 spiro atoms. The monoisotopic (exact) mass is 274 g/mol. The van der Waals surface area contributed by atoms with Crippen LogP contribution in [0.25, 0.3) is 0 Å². The van der Waals surface area contributed by atoms with Crippen molar-refractivity contribution in [3.05, 3.63) is 33.8 Å². The fourth-order valence-corrected chi connectivity index (χ4v) is 2.01. The molecule has 4 heteroatoms. The highest BCUT2D eigenvalue weighted by Gasteiger charge is 2.22. The third-order valence-electron chi connectivity index (χ3n) is 2.43. The first-order chi connectivity index (χ1) is 8.11. The zero-order chi connectivity index (χ0) is 12.8. The summed E-state index contributed by atoms with van der Waals surface area (Å²) in [6, 6.07) is 5.06. The Balaban J connectivity index is 2.96. The second-order valence-corrected chi connectivity index (χ2v) is 4.48. The van der Waals surface area contributed by atoms with Crippen LogP contribution in [0.5, 0.6) is 0 Å². The number of hydrogen-bond acceptors (Lipinski definition) is 2. The number of hydrogen-bond donors (Lipinski definition) is 0. The molecule has 0 bridgehead atoms. The van der Waals surface area contributed by atoms with Gasteiger partial charge in [-0.05, 0) is 25.5 Å². The Kier molecular flexibility index (Phi) is 5.96. The molecule has 0 aliphatic rings. The fraction of sp³-hybridized carbons (Fsp3) is 0.462. The summed E-state index contributed by atoms with van der Waals surface area (Å²) in [4.78, 5) is 12.2. The first-order valence-electron chi connectivity index (χ1n) is 5.71. The van der Waals surface area contributed by atoms with E-state index in [1.165, 1.54) is 0 Å². The van der Waals surface area contributed by atoms with E-state index in [-0.39, 0.29) is 5.78 Å². The number of carbonyl (C=O) groups is 1. The van der Waals surface area contributed by atoms with E-state index in [4.69, 9.17) is 27.9 Å². The van der Waals surface area contributed by atoms with Crippen molar-refractivity contribution >= 4 is 29.0 Å². The molecule has 2 nitrogen and oxygen atoms in total. The molecule has 1 aromatic rings. The van der Waals surface area contributed by atoms with Crippen LogP contribution in [-0.2, 0) is 4.74 Å². The largest absolute Gasteiger partial charge is 0.370 e. The fourth-order valence-electron chi connectivity index (χ4n) is 1.62. The van der Waals surface area contributed by atoms with Crippen LogP contribution >= 0.6 is 23.2 Å². The first-order valence-corrected chi connectivity index (χ1v) is 6.47. The van der Waals surface area contributed by atoms with E-state index in [1.807, 2.05) is 13.8 Å². The highest BCUT2D eigenvalue weighted by Crippen LogP contribution is 2.27. The van der Waals surface area contributed by atoms with E-state index < -0.39 is 6.10 Å². The van der Waals surface area contributed by atoms with E-state index in [1.54, 1.807) is 18.2 Å². The molecular weight excluding hydrogens is 259 g/mol. The average Bonchev–Trinajstić information content (AvgIpc) is 2.31. The lowest BCUT2D eigenvalue weighted by Gasteiger charge is -2.16. The van der Waals surface area contributed by atoms with E-state index in [2.05, 4.69) is 0 Å². The molecule has 0 aromatic heterocycles. The molecule has 1 atom stereocenters. The Morgan fingerprint density at radius 2 is 2.06 bits per heavy atom. The summed E-state index contributed by atoms with van der Waals surface area (Å²) in [5.74, 6) is -0.0961. The van der Waals surface area contributed by atoms with Crippen molar-refractivity contribution in [2.45, 2.75) is 32.8 Å². The van der Waals surface area contributed by atoms with Gasteiger partial charge in [0.2, 0.25) is 0 Å². The first kappa shape index (κ1) is 14.5. The number of ether oxygens (including phenoxy) is 1. The van der Waals surface area contributed by atoms with Crippen LogP contribution in [0.1, 0.15) is 37.0 Å². The van der Waals surface area contributed by atoms with Crippen LogP contribution in [0.2, 0.25) is 10.0 Å². The van der Waals surface area contributed by atoms with Crippen molar-refractivity contribution in [1.82, 2.24) is 0 Å². The van der Waals surface area contributed by atoms with E-state index in [0.29, 0.717) is 28.6 Å². The Morgan fingerprint density at radius 3 is 2.65 bits per heavy atom. The van der Waals surface area contributed by atoms with Gasteiger partial charge in [0.15, 0.2) is 5.78 Å². The summed E-state index contributed by atoms with van der Waals surface area (Å²) in [7, 11) is 0. The molecule has 0 heterocycles. The topological polar surface area (TPSA) is 26.3 Å². The van der Waals surface area contributed by atoms with Crippen molar-refractivity contribution < 1.29 is 9.53 Å². The van der Waals surface area contributed by atoms with Crippen molar-refractivity contribution in [2.24, 2.45) is 0 Å². The van der Waals surface area contributed by atoms with Gasteiger partial charge in [-0.25, -0.2) is 0 Å². The molecule has 1 rings (SSSR count). The lowest BCUT2D eigenvalue weighted by atomic mass is 10.0. The minimum absolute atomic E-state index is 0.0961. The summed E-state index contributed by atoms with van der Waals surface area (Å²) in [6.45, 7) is 4.39. The Bertz CT molecular complexity index is 385. The third kappa shape index (κ3) is 3.70. The Morgan fingerprint density at radius 1 is 1.35 bits per heavy atom. The molecule has 0 fully saturated rings. The highest BCUT2D eigenvalue weighted by atomic mass is 35.5. The Labute approximate surface area is 112 Å². The van der Waals surface area contributed by atoms with Crippen LogP contribution in [0, 0.1) is 0 Å². The van der Waals surface area contributed by atoms with Gasteiger partial charge in [0.1, 0.15) is 6.10 Å². The highest BCUT2D eigenvalue weighted by molar-refractivity contribution is 6.44. The molecular formula is C13H16Cl2O2. The zero-order valence-corrected chi connectivity index (χ0v) is 11.5. The number of carbonyl (C=O) groups excluding carboxylic acids is 1. The van der Waals surface area contributed by atoms with Crippen molar-refractivity contribution in [3.63, 3.8) is 0 Å². The summed E-state index contributed by atoms with van der Waals surface area (Å²) in [5.41, 5.74) is 0.436. The maximum Gasteiger partial charge on any atom is 0.193 e. The minimum atomic E-state index is -0.430. The summed E-state index contributed by atoms with van der Waals surface area (Å²) < 4.78 is 5.44. The van der Waals surface area contributed by atoms with Gasteiger partial charge in [-0.2, -0.15) is 0 Å². The third-order valence-corrected chi connectivity index (χ3v) is 3.25. The average molecular weight is 275 g/mol. The SMILES string of the molecule is CCCC(OCC)C(=O)c1cccc(Cl)c1Cl. The Hall–Kier alpha value is -0.570. The molecule has 0 saturated carbocycles. The predicted molar refractivity (Wildman–Crippen MR) is 71.1 cm³/mol. The van der Waals surface area contributed by atoms with Crippen LogP contribution in [-0.4, -0.2) is 18.5 Å². The number of Topliss-reactive ketones (excluding diaryl/α,β-unsaturated/α-hetero) is 1. The van der Waals surface area contributed by atoms with Crippen LogP contribution < -0.4 is 0 Å². The minimum Gasteiger partial charge on any atom is -0.370 e. The van der Waals surface area contributed by atoms with Crippen LogP contribution in [0.15, 0.2) is 18.2 Å². The zero-order valence-electron chi connectivity index (χ0n) is 10.0. The molecule has 0 saturated heterocycles. The van der Waals surface area contributed by atoms with Crippen LogP contribution in [0.4, 0.5) is 0 Å². The van der Waals surface area contributed by atoms with Crippen LogP contribution in [0.3, 0.4) is 0 Å². The van der Waals surface area contributed by atoms with Gasteiger partial charge in [0, 0.05) is 12.2 Å².